The van der Waals surface area contributed by atoms with Crippen LogP contribution in [0.3, 0.4) is 0 Å². The van der Waals surface area contributed by atoms with E-state index in [9.17, 15) is 9.59 Å². The fourth-order valence-corrected chi connectivity index (χ4v) is 2.90. The summed E-state index contributed by atoms with van der Waals surface area (Å²) < 4.78 is 0. The average Bonchev–Trinajstić information content (AvgIpc) is 2.51. The van der Waals surface area contributed by atoms with Gasteiger partial charge in [0.05, 0.1) is 15.8 Å². The summed E-state index contributed by atoms with van der Waals surface area (Å²) in [5, 5.41) is 3.77. The molecule has 0 saturated carbocycles. The molecule has 0 aliphatic heterocycles. The monoisotopic (exact) mass is 368 g/mol. The summed E-state index contributed by atoms with van der Waals surface area (Å²) in [7, 11) is 0. The van der Waals surface area contributed by atoms with E-state index in [0.29, 0.717) is 32.8 Å². The molecule has 0 saturated heterocycles. The maximum atomic E-state index is 11.9. The maximum Gasteiger partial charge on any atom is 0.248 e. The van der Waals surface area contributed by atoms with Crippen molar-refractivity contribution in [1.82, 2.24) is 0 Å². The third kappa shape index (κ3) is 5.46. The Labute approximate surface area is 148 Å². The number of carbonyl (C=O) groups excluding carboxylic acids is 2. The smallest absolute Gasteiger partial charge is 0.248 e. The van der Waals surface area contributed by atoms with Gasteiger partial charge in [0.15, 0.2) is 0 Å². The molecule has 2 amide bonds. The number of hydrogen-bond acceptors (Lipinski definition) is 3. The third-order valence-corrected chi connectivity index (χ3v) is 4.68. The molecule has 3 N–H and O–H groups in total. The standard InChI is InChI=1S/C16H14Cl2N2O2S/c17-13-6-1-10(7-14(13)18)8-23-9-15(21)20-12-4-2-11(3-5-12)16(19)22/h1-7H,8-9H2,(H2,19,22)(H,20,21). The van der Waals surface area contributed by atoms with E-state index in [1.807, 2.05) is 6.07 Å². The van der Waals surface area contributed by atoms with Gasteiger partial charge in [-0.05, 0) is 42.0 Å². The number of nitrogens with two attached hydrogens (primary N) is 1. The fourth-order valence-electron chi connectivity index (χ4n) is 1.81. The van der Waals surface area contributed by atoms with Crippen LogP contribution in [0.2, 0.25) is 10.0 Å². The van der Waals surface area contributed by atoms with Crippen molar-refractivity contribution in [2.45, 2.75) is 5.75 Å². The molecule has 0 aromatic heterocycles. The fraction of sp³-hybridized carbons (Fsp3) is 0.125. The summed E-state index contributed by atoms with van der Waals surface area (Å²) in [5.74, 6) is 0.338. The lowest BCUT2D eigenvalue weighted by atomic mass is 10.2. The molecule has 120 valence electrons. The van der Waals surface area contributed by atoms with Crippen molar-refractivity contribution >= 4 is 52.5 Å². The van der Waals surface area contributed by atoms with Gasteiger partial charge in [0.2, 0.25) is 11.8 Å². The summed E-state index contributed by atoms with van der Waals surface area (Å²) in [5.41, 5.74) is 7.18. The quantitative estimate of drug-likeness (QED) is 0.810. The number of carbonyl (C=O) groups is 2. The molecule has 2 rings (SSSR count). The molecule has 0 aliphatic rings. The van der Waals surface area contributed by atoms with E-state index in [1.165, 1.54) is 11.8 Å². The van der Waals surface area contributed by atoms with Crippen LogP contribution in [0.4, 0.5) is 5.69 Å². The molecule has 2 aromatic carbocycles. The highest BCUT2D eigenvalue weighted by Crippen LogP contribution is 2.24. The van der Waals surface area contributed by atoms with Crippen LogP contribution in [0.15, 0.2) is 42.5 Å². The van der Waals surface area contributed by atoms with Crippen molar-refractivity contribution in [3.63, 3.8) is 0 Å². The molecule has 4 nitrogen and oxygen atoms in total. The van der Waals surface area contributed by atoms with Gasteiger partial charge in [-0.15, -0.1) is 11.8 Å². The second kappa shape index (κ2) is 8.24. The van der Waals surface area contributed by atoms with E-state index in [1.54, 1.807) is 36.4 Å². The summed E-state index contributed by atoms with van der Waals surface area (Å²) in [6, 6.07) is 11.8. The van der Waals surface area contributed by atoms with E-state index in [0.717, 1.165) is 5.56 Å². The molecule has 0 atom stereocenters. The van der Waals surface area contributed by atoms with Crippen LogP contribution in [-0.2, 0) is 10.5 Å². The van der Waals surface area contributed by atoms with Crippen LogP contribution in [0.5, 0.6) is 0 Å². The van der Waals surface area contributed by atoms with E-state index in [2.05, 4.69) is 5.32 Å². The van der Waals surface area contributed by atoms with E-state index in [4.69, 9.17) is 28.9 Å². The molecular formula is C16H14Cl2N2O2S. The van der Waals surface area contributed by atoms with Gasteiger partial charge in [0, 0.05) is 17.0 Å². The summed E-state index contributed by atoms with van der Waals surface area (Å²) >= 11 is 13.3. The third-order valence-electron chi connectivity index (χ3n) is 2.94. The molecule has 2 aromatic rings. The largest absolute Gasteiger partial charge is 0.366 e. The minimum absolute atomic E-state index is 0.123. The van der Waals surface area contributed by atoms with Crippen molar-refractivity contribution in [2.24, 2.45) is 5.73 Å². The minimum atomic E-state index is -0.500. The number of primary amides is 1. The van der Waals surface area contributed by atoms with Crippen molar-refractivity contribution in [1.29, 1.82) is 0 Å². The topological polar surface area (TPSA) is 72.2 Å². The van der Waals surface area contributed by atoms with Gasteiger partial charge in [-0.1, -0.05) is 29.3 Å². The first kappa shape index (κ1) is 17.7. The first-order chi connectivity index (χ1) is 11.0. The van der Waals surface area contributed by atoms with Gasteiger partial charge >= 0.3 is 0 Å². The number of rotatable bonds is 6. The van der Waals surface area contributed by atoms with E-state index in [-0.39, 0.29) is 5.91 Å². The second-order valence-corrected chi connectivity index (χ2v) is 6.53. The zero-order chi connectivity index (χ0) is 16.8. The summed E-state index contributed by atoms with van der Waals surface area (Å²) in [6.07, 6.45) is 0. The molecule has 0 aliphatic carbocycles. The second-order valence-electron chi connectivity index (χ2n) is 4.73. The van der Waals surface area contributed by atoms with Gasteiger partial charge < -0.3 is 11.1 Å². The number of nitrogens with one attached hydrogen (secondary N) is 1. The molecule has 7 heteroatoms. The predicted molar refractivity (Wildman–Crippen MR) is 96.2 cm³/mol. The van der Waals surface area contributed by atoms with Crippen LogP contribution in [0.25, 0.3) is 0 Å². The van der Waals surface area contributed by atoms with Gasteiger partial charge in [0.25, 0.3) is 0 Å². The number of thioether (sulfide) groups is 1. The number of benzene rings is 2. The van der Waals surface area contributed by atoms with Crippen molar-refractivity contribution in [2.75, 3.05) is 11.1 Å². The van der Waals surface area contributed by atoms with Crippen molar-refractivity contribution in [3.8, 4) is 0 Å². The maximum absolute atomic E-state index is 11.9. The van der Waals surface area contributed by atoms with Gasteiger partial charge in [-0.25, -0.2) is 0 Å². The van der Waals surface area contributed by atoms with Gasteiger partial charge in [0.1, 0.15) is 0 Å². The van der Waals surface area contributed by atoms with E-state index >= 15 is 0 Å². The lowest BCUT2D eigenvalue weighted by Crippen LogP contribution is -2.15. The Kier molecular flexibility index (Phi) is 6.33. The highest BCUT2D eigenvalue weighted by molar-refractivity contribution is 7.99. The average molecular weight is 369 g/mol. The zero-order valence-electron chi connectivity index (χ0n) is 12.0. The molecule has 23 heavy (non-hydrogen) atoms. The highest BCUT2D eigenvalue weighted by atomic mass is 35.5. The number of halogens is 2. The van der Waals surface area contributed by atoms with Gasteiger partial charge in [-0.2, -0.15) is 0 Å². The molecular weight excluding hydrogens is 355 g/mol. The number of anilines is 1. The number of amides is 2. The molecule has 0 radical (unpaired) electrons. The zero-order valence-corrected chi connectivity index (χ0v) is 14.3. The van der Waals surface area contributed by atoms with Crippen LogP contribution in [0, 0.1) is 0 Å². The van der Waals surface area contributed by atoms with Crippen molar-refractivity contribution < 1.29 is 9.59 Å². The Morgan fingerprint density at radius 2 is 1.74 bits per heavy atom. The van der Waals surface area contributed by atoms with Crippen molar-refractivity contribution in [3.05, 3.63) is 63.6 Å². The summed E-state index contributed by atoms with van der Waals surface area (Å²) in [4.78, 5) is 22.8. The first-order valence-corrected chi connectivity index (χ1v) is 8.58. The predicted octanol–water partition coefficient (Wildman–Crippen LogP) is 3.96. The van der Waals surface area contributed by atoms with E-state index < -0.39 is 5.91 Å². The minimum Gasteiger partial charge on any atom is -0.366 e. The Balaban J connectivity index is 1.80. The van der Waals surface area contributed by atoms with Gasteiger partial charge in [-0.3, -0.25) is 9.59 Å². The molecule has 0 spiro atoms. The first-order valence-electron chi connectivity index (χ1n) is 6.67. The lowest BCUT2D eigenvalue weighted by molar-refractivity contribution is -0.113. The SMILES string of the molecule is NC(=O)c1ccc(NC(=O)CSCc2ccc(Cl)c(Cl)c2)cc1. The lowest BCUT2D eigenvalue weighted by Gasteiger charge is -2.06. The Morgan fingerprint density at radius 1 is 1.04 bits per heavy atom. The Morgan fingerprint density at radius 3 is 2.35 bits per heavy atom. The molecule has 0 heterocycles. The molecule has 0 bridgehead atoms. The molecule has 0 unspecified atom stereocenters. The summed E-state index contributed by atoms with van der Waals surface area (Å²) in [6.45, 7) is 0. The highest BCUT2D eigenvalue weighted by Gasteiger charge is 2.05. The van der Waals surface area contributed by atoms with Crippen LogP contribution >= 0.6 is 35.0 Å². The van der Waals surface area contributed by atoms with Crippen LogP contribution in [0.1, 0.15) is 15.9 Å². The number of hydrogen-bond donors (Lipinski definition) is 2. The Hall–Kier alpha value is -1.69. The van der Waals surface area contributed by atoms with Crippen LogP contribution in [-0.4, -0.2) is 17.6 Å². The van der Waals surface area contributed by atoms with Crippen LogP contribution < -0.4 is 11.1 Å². The Bertz CT molecular complexity index is 721. The normalized spacial score (nSPS) is 10.3. The molecule has 0 fully saturated rings.